The molecule has 0 radical (unpaired) electrons. The first kappa shape index (κ1) is 35.6. The summed E-state index contributed by atoms with van der Waals surface area (Å²) in [6.07, 6.45) is 2.19. The van der Waals surface area contributed by atoms with Crippen molar-refractivity contribution in [2.45, 2.75) is 47.3 Å². The van der Waals surface area contributed by atoms with Crippen LogP contribution in [0.4, 0.5) is 11.4 Å². The fourth-order valence-electron chi connectivity index (χ4n) is 4.17. The van der Waals surface area contributed by atoms with Crippen LogP contribution in [0.5, 0.6) is 0 Å². The predicted molar refractivity (Wildman–Crippen MR) is 175 cm³/mol. The fourth-order valence-corrected chi connectivity index (χ4v) is 5.51. The Balaban J connectivity index is 0.000000777. The van der Waals surface area contributed by atoms with Crippen molar-refractivity contribution in [3.8, 4) is 0 Å². The molecule has 0 aliphatic carbocycles. The van der Waals surface area contributed by atoms with Gasteiger partial charge in [0.25, 0.3) is 0 Å². The third-order valence-corrected chi connectivity index (χ3v) is 8.30. The second-order valence-corrected chi connectivity index (χ2v) is 17.1. The Morgan fingerprint density at radius 2 is 1.15 bits per heavy atom. The molecular formula is C34H51LiN4Si+2. The number of aryl methyl sites for hydroxylation is 4. The predicted octanol–water partition coefficient (Wildman–Crippen LogP) is 2.90. The average Bonchev–Trinajstić information content (AvgIpc) is 2.85. The number of benzene rings is 3. The molecular weight excluding hydrogens is 499 g/mol. The minimum absolute atomic E-state index is 0. The van der Waals surface area contributed by atoms with Crippen molar-refractivity contribution in [1.29, 1.82) is 0 Å². The smallest absolute Gasteiger partial charge is 0.656 e. The summed E-state index contributed by atoms with van der Waals surface area (Å²) < 4.78 is 0. The Morgan fingerprint density at radius 3 is 1.57 bits per heavy atom. The zero-order valence-corrected chi connectivity index (χ0v) is 28.2. The van der Waals surface area contributed by atoms with E-state index < -0.39 is 8.07 Å². The molecule has 40 heavy (non-hydrogen) atoms. The van der Waals surface area contributed by atoms with E-state index >= 15 is 0 Å². The van der Waals surface area contributed by atoms with E-state index in [1.807, 2.05) is 6.07 Å². The van der Waals surface area contributed by atoms with Crippen LogP contribution >= 0.6 is 0 Å². The van der Waals surface area contributed by atoms with Gasteiger partial charge in [-0.3, -0.25) is 4.99 Å². The van der Waals surface area contributed by atoms with E-state index in [0.717, 1.165) is 28.0 Å². The number of para-hydroxylation sites is 2. The number of quaternary nitrogens is 2. The molecule has 0 aliphatic rings. The van der Waals surface area contributed by atoms with Crippen molar-refractivity contribution in [2.75, 3.05) is 41.3 Å². The Morgan fingerprint density at radius 1 is 0.700 bits per heavy atom. The largest absolute Gasteiger partial charge is 1.00 e. The van der Waals surface area contributed by atoms with Gasteiger partial charge in [0.1, 0.15) is 13.1 Å². The molecule has 2 N–H and O–H groups in total. The normalized spacial score (nSPS) is 12.1. The minimum atomic E-state index is -1.83. The van der Waals surface area contributed by atoms with Crippen molar-refractivity contribution >= 4 is 30.9 Å². The van der Waals surface area contributed by atoms with Gasteiger partial charge in [0.15, 0.2) is 0 Å². The number of nitrogens with zero attached hydrogens (tertiary/aromatic N) is 2. The van der Waals surface area contributed by atoms with Crippen molar-refractivity contribution in [3.05, 3.63) is 106 Å². The summed E-state index contributed by atoms with van der Waals surface area (Å²) in [5, 5.41) is 6.36. The van der Waals surface area contributed by atoms with Gasteiger partial charge in [-0.2, -0.15) is 0 Å². The van der Waals surface area contributed by atoms with E-state index in [0.29, 0.717) is 0 Å². The average molecular weight is 551 g/mol. The van der Waals surface area contributed by atoms with Crippen molar-refractivity contribution in [3.63, 3.8) is 0 Å². The van der Waals surface area contributed by atoms with Crippen LogP contribution in [0.3, 0.4) is 0 Å². The Bertz CT molecular complexity index is 1210. The standard InChI is InChI=1S/C28H33N2Si.C6H16N2.Li/c1-20-13-11-14-21(2)26(20)29-25(19-24-17-9-8-10-18-24)28(31(5,6)7)30-27-22(3)15-12-16-23(27)4;1-7(2)5-6-8(3)4;/h8-19H,1-7H3;5-6H2,1-4H3;/q-1;;+1/p+2/b25-19-,30-28?;;. The maximum absolute atomic E-state index is 5.30. The fraction of sp³-hybridized carbons (Fsp3) is 0.382. The number of allylic oxidation sites excluding steroid dienone is 1. The summed E-state index contributed by atoms with van der Waals surface area (Å²) in [7, 11) is 6.90. The molecule has 4 nitrogen and oxygen atoms in total. The third kappa shape index (κ3) is 11.6. The summed E-state index contributed by atoms with van der Waals surface area (Å²) >= 11 is 0. The van der Waals surface area contributed by atoms with Crippen molar-refractivity contribution in [1.82, 2.24) is 0 Å². The van der Waals surface area contributed by atoms with E-state index in [9.17, 15) is 0 Å². The number of aliphatic imine (C=N–C) groups is 1. The Hall–Kier alpha value is -2.40. The SMILES string of the molecule is C[NH+](C)CC[NH+](C)C.Cc1cccc(C)c1N=C(/C(=C/c1ccccc1)[N-]c1c(C)cccc1C)[Si](C)(C)C.[Li+]. The van der Waals surface area contributed by atoms with Gasteiger partial charge in [-0.15, -0.1) is 11.4 Å². The number of rotatable bonds is 9. The molecule has 6 heteroatoms. The number of hydrogen-bond donors (Lipinski definition) is 2. The molecule has 3 aromatic carbocycles. The molecule has 0 unspecified atom stereocenters. The first-order chi connectivity index (χ1) is 18.3. The summed E-state index contributed by atoms with van der Waals surface area (Å²) in [4.78, 5) is 8.36. The summed E-state index contributed by atoms with van der Waals surface area (Å²) in [5.74, 6) is 0. The van der Waals surface area contributed by atoms with Crippen LogP contribution in [0.2, 0.25) is 19.6 Å². The molecule has 0 aromatic heterocycles. The minimum Gasteiger partial charge on any atom is -0.656 e. The van der Waals surface area contributed by atoms with Gasteiger partial charge < -0.3 is 15.1 Å². The van der Waals surface area contributed by atoms with E-state index in [4.69, 9.17) is 10.3 Å². The second kappa shape index (κ2) is 16.8. The van der Waals surface area contributed by atoms with E-state index in [-0.39, 0.29) is 18.9 Å². The quantitative estimate of drug-likeness (QED) is 0.304. The number of hydrogen-bond acceptors (Lipinski definition) is 1. The van der Waals surface area contributed by atoms with Gasteiger partial charge >= 0.3 is 18.9 Å². The molecule has 0 atom stereocenters. The second-order valence-electron chi connectivity index (χ2n) is 12.2. The topological polar surface area (TPSA) is 35.3 Å². The molecule has 210 valence electrons. The van der Waals surface area contributed by atoms with Gasteiger partial charge in [-0.1, -0.05) is 104 Å². The molecule has 0 fully saturated rings. The summed E-state index contributed by atoms with van der Waals surface area (Å²) in [6, 6.07) is 23.2. The first-order valence-corrected chi connectivity index (χ1v) is 17.6. The zero-order valence-electron chi connectivity index (χ0n) is 27.2. The van der Waals surface area contributed by atoms with E-state index in [2.05, 4.69) is 142 Å². The van der Waals surface area contributed by atoms with Crippen LogP contribution in [0, 0.1) is 27.7 Å². The number of likely N-dealkylation sites (N-methyl/N-ethyl adjacent to an activating group) is 2. The molecule has 0 spiro atoms. The van der Waals surface area contributed by atoms with E-state index in [1.165, 1.54) is 45.1 Å². The van der Waals surface area contributed by atoms with Gasteiger partial charge in [-0.25, -0.2) is 0 Å². The molecule has 0 saturated carbocycles. The van der Waals surface area contributed by atoms with Crippen molar-refractivity contribution < 1.29 is 28.7 Å². The van der Waals surface area contributed by atoms with Crippen LogP contribution in [0.15, 0.2) is 77.4 Å². The molecule has 0 heterocycles. The molecule has 3 aromatic rings. The zero-order chi connectivity index (χ0) is 29.2. The van der Waals surface area contributed by atoms with Crippen LogP contribution in [-0.2, 0) is 0 Å². The maximum atomic E-state index is 5.30. The van der Waals surface area contributed by atoms with Crippen LogP contribution in [0.25, 0.3) is 11.4 Å². The Labute approximate surface area is 257 Å². The van der Waals surface area contributed by atoms with Gasteiger partial charge in [-0.05, 0) is 44.4 Å². The maximum Gasteiger partial charge on any atom is 1.00 e. The monoisotopic (exact) mass is 550 g/mol. The van der Waals surface area contributed by atoms with Gasteiger partial charge in [0, 0.05) is 5.33 Å². The molecule has 0 aliphatic heterocycles. The molecule has 0 bridgehead atoms. The van der Waals surface area contributed by atoms with Crippen LogP contribution in [-0.4, -0.2) is 54.7 Å². The number of nitrogens with one attached hydrogen (secondary N) is 2. The molecule has 0 amide bonds. The van der Waals surface area contributed by atoms with Gasteiger partial charge in [0.05, 0.1) is 42.0 Å². The van der Waals surface area contributed by atoms with E-state index in [1.54, 1.807) is 0 Å². The molecule has 3 rings (SSSR count). The molecule has 0 saturated heterocycles. The van der Waals surface area contributed by atoms with Crippen LogP contribution < -0.4 is 28.7 Å². The van der Waals surface area contributed by atoms with Crippen LogP contribution in [0.1, 0.15) is 27.8 Å². The Kier molecular flexibility index (Phi) is 14.9. The van der Waals surface area contributed by atoms with Gasteiger partial charge in [0.2, 0.25) is 0 Å². The first-order valence-electron chi connectivity index (χ1n) is 14.1. The summed E-state index contributed by atoms with van der Waals surface area (Å²) in [6.45, 7) is 18.1. The van der Waals surface area contributed by atoms with Crippen molar-refractivity contribution in [2.24, 2.45) is 4.99 Å². The third-order valence-electron chi connectivity index (χ3n) is 6.52. The summed E-state index contributed by atoms with van der Waals surface area (Å²) in [5.41, 5.74) is 8.96.